The second-order valence-electron chi connectivity index (χ2n) is 16.9. The Hall–Kier alpha value is -1.21. The zero-order valence-corrected chi connectivity index (χ0v) is 36.1. The molecule has 0 aromatic rings. The fourth-order valence-corrected chi connectivity index (χ4v) is 8.02. The van der Waals surface area contributed by atoms with Gasteiger partial charge < -0.3 is 89.9 Å². The Morgan fingerprint density at radius 3 is 1.43 bits per heavy atom. The van der Waals surface area contributed by atoms with Crippen LogP contribution in [0.5, 0.6) is 0 Å². The van der Waals surface area contributed by atoms with Gasteiger partial charge in [0.05, 0.1) is 38.6 Å². The van der Waals surface area contributed by atoms with E-state index in [1.165, 1.54) is 51.4 Å². The molecule has 3 saturated heterocycles. The molecule has 12 N–H and O–H groups in total. The van der Waals surface area contributed by atoms with Crippen molar-refractivity contribution in [3.8, 4) is 0 Å². The van der Waals surface area contributed by atoms with Gasteiger partial charge in [-0.2, -0.15) is 0 Å². The van der Waals surface area contributed by atoms with Crippen LogP contribution in [0.15, 0.2) is 0 Å². The summed E-state index contributed by atoms with van der Waals surface area (Å²) in [7, 11) is 0. The maximum Gasteiger partial charge on any atom is 0.220 e. The SMILES string of the molecule is CCCCCCCCCCCCCCC(=O)NC(COC1OC(CO)C(OC2OC(CO)C(OC3OC(CO)C(O)C(O)C3O)C(O)C2O)C(O)C1O)C(O)CCCCCC. The van der Waals surface area contributed by atoms with Gasteiger partial charge in [0.1, 0.15) is 73.2 Å². The number of nitrogens with one attached hydrogen (secondary N) is 1. The molecule has 19 heteroatoms. The molecule has 1 amide bonds. The molecule has 3 aliphatic rings. The van der Waals surface area contributed by atoms with Crippen LogP contribution in [0.1, 0.15) is 129 Å². The lowest BCUT2D eigenvalue weighted by molar-refractivity contribution is -0.379. The van der Waals surface area contributed by atoms with E-state index in [2.05, 4.69) is 19.2 Å². The summed E-state index contributed by atoms with van der Waals surface area (Å²) in [5, 5.41) is 119. The summed E-state index contributed by atoms with van der Waals surface area (Å²) in [6.45, 7) is 1.59. The average Bonchev–Trinajstić information content (AvgIpc) is 3.25. The Balaban J connectivity index is 1.55. The van der Waals surface area contributed by atoms with Crippen molar-refractivity contribution in [1.82, 2.24) is 5.32 Å². The van der Waals surface area contributed by atoms with Gasteiger partial charge in [-0.05, 0) is 12.8 Å². The van der Waals surface area contributed by atoms with Crippen molar-refractivity contribution in [3.63, 3.8) is 0 Å². The van der Waals surface area contributed by atoms with Crippen molar-refractivity contribution in [2.75, 3.05) is 26.4 Å². The van der Waals surface area contributed by atoms with E-state index in [0.29, 0.717) is 19.3 Å². The van der Waals surface area contributed by atoms with Gasteiger partial charge in [-0.3, -0.25) is 4.79 Å². The predicted octanol–water partition coefficient (Wildman–Crippen LogP) is -0.641. The van der Waals surface area contributed by atoms with Gasteiger partial charge in [0.2, 0.25) is 5.91 Å². The maximum atomic E-state index is 13.0. The lowest BCUT2D eigenvalue weighted by atomic mass is 9.96. The molecule has 0 radical (unpaired) electrons. The molecule has 17 unspecified atom stereocenters. The number of carbonyl (C=O) groups is 1. The average molecular weight is 886 g/mol. The van der Waals surface area contributed by atoms with Crippen LogP contribution >= 0.6 is 0 Å². The quantitative estimate of drug-likeness (QED) is 0.0399. The lowest BCUT2D eigenvalue weighted by Crippen LogP contribution is -2.66. The highest BCUT2D eigenvalue weighted by atomic mass is 16.8. The van der Waals surface area contributed by atoms with Crippen LogP contribution in [-0.4, -0.2) is 193 Å². The highest BCUT2D eigenvalue weighted by Crippen LogP contribution is 2.33. The van der Waals surface area contributed by atoms with Crippen LogP contribution < -0.4 is 5.32 Å². The van der Waals surface area contributed by atoms with Gasteiger partial charge in [-0.1, -0.05) is 110 Å². The third kappa shape index (κ3) is 16.9. The Morgan fingerprint density at radius 2 is 0.934 bits per heavy atom. The normalized spacial score (nSPS) is 35.5. The summed E-state index contributed by atoms with van der Waals surface area (Å²) < 4.78 is 33.9. The summed E-state index contributed by atoms with van der Waals surface area (Å²) in [4.78, 5) is 13.0. The third-order valence-electron chi connectivity index (χ3n) is 11.9. The topological polar surface area (TPSA) is 307 Å². The van der Waals surface area contributed by atoms with E-state index in [1.54, 1.807) is 0 Å². The van der Waals surface area contributed by atoms with Crippen molar-refractivity contribution in [2.24, 2.45) is 0 Å². The zero-order valence-electron chi connectivity index (χ0n) is 36.1. The van der Waals surface area contributed by atoms with E-state index < -0.39 is 124 Å². The fraction of sp³-hybridized carbons (Fsp3) is 0.976. The third-order valence-corrected chi connectivity index (χ3v) is 11.9. The Morgan fingerprint density at radius 1 is 0.525 bits per heavy atom. The Labute approximate surface area is 360 Å². The summed E-state index contributed by atoms with van der Waals surface area (Å²) in [6.07, 6.45) is -8.24. The number of amides is 1. The number of unbranched alkanes of at least 4 members (excludes halogenated alkanes) is 14. The molecule has 0 spiro atoms. The van der Waals surface area contributed by atoms with Crippen LogP contribution in [0.25, 0.3) is 0 Å². The van der Waals surface area contributed by atoms with Crippen molar-refractivity contribution in [3.05, 3.63) is 0 Å². The molecule has 0 aliphatic carbocycles. The van der Waals surface area contributed by atoms with Gasteiger partial charge in [0.15, 0.2) is 18.9 Å². The number of aliphatic hydroxyl groups is 11. The highest BCUT2D eigenvalue weighted by molar-refractivity contribution is 5.76. The minimum absolute atomic E-state index is 0.254. The predicted molar refractivity (Wildman–Crippen MR) is 217 cm³/mol. The van der Waals surface area contributed by atoms with Crippen molar-refractivity contribution >= 4 is 5.91 Å². The first-order valence-corrected chi connectivity index (χ1v) is 22.8. The van der Waals surface area contributed by atoms with Crippen LogP contribution in [-0.2, 0) is 33.2 Å². The lowest BCUT2D eigenvalue weighted by Gasteiger charge is -2.48. The smallest absolute Gasteiger partial charge is 0.220 e. The molecule has 19 nitrogen and oxygen atoms in total. The van der Waals surface area contributed by atoms with E-state index in [0.717, 1.165) is 38.5 Å². The molecule has 360 valence electrons. The second kappa shape index (κ2) is 29.4. The summed E-state index contributed by atoms with van der Waals surface area (Å²) >= 11 is 0. The first-order chi connectivity index (χ1) is 29.3. The maximum absolute atomic E-state index is 13.0. The van der Waals surface area contributed by atoms with Crippen LogP contribution in [0.2, 0.25) is 0 Å². The van der Waals surface area contributed by atoms with Crippen molar-refractivity contribution < 1.29 is 89.4 Å². The van der Waals surface area contributed by atoms with Crippen LogP contribution in [0.4, 0.5) is 0 Å². The molecule has 0 aromatic carbocycles. The summed E-state index contributed by atoms with van der Waals surface area (Å²) in [5.41, 5.74) is 0. The molecule has 3 rings (SSSR count). The number of ether oxygens (including phenoxy) is 6. The van der Waals surface area contributed by atoms with Gasteiger partial charge in [0.25, 0.3) is 0 Å². The van der Waals surface area contributed by atoms with Crippen molar-refractivity contribution in [2.45, 2.75) is 234 Å². The van der Waals surface area contributed by atoms with Crippen LogP contribution in [0, 0.1) is 0 Å². The number of rotatable bonds is 30. The molecular formula is C42H79NO18. The molecule has 0 bridgehead atoms. The first-order valence-electron chi connectivity index (χ1n) is 22.8. The van der Waals surface area contributed by atoms with Gasteiger partial charge in [0, 0.05) is 6.42 Å². The highest BCUT2D eigenvalue weighted by Gasteiger charge is 2.53. The molecule has 3 heterocycles. The van der Waals surface area contributed by atoms with Crippen molar-refractivity contribution in [1.29, 1.82) is 0 Å². The number of aliphatic hydroxyl groups excluding tert-OH is 11. The Bertz CT molecular complexity index is 1160. The number of carbonyl (C=O) groups excluding carboxylic acids is 1. The zero-order chi connectivity index (χ0) is 44.9. The summed E-state index contributed by atoms with van der Waals surface area (Å²) in [5.74, 6) is -0.254. The standard InChI is InChI=1S/C42H79NO18/c1-3-5-7-9-10-11-12-13-14-15-16-18-20-30(48)43-25(26(47)19-17-8-6-4-2)24-56-40-36(54)33(51)38(28(22-45)58-40)61-42-37(55)34(52)39(29(23-46)59-42)60-41-35(53)32(50)31(49)27(21-44)57-41/h25-29,31-42,44-47,49-55H,3-24H2,1-2H3,(H,43,48). The van der Waals surface area contributed by atoms with Gasteiger partial charge >= 0.3 is 0 Å². The van der Waals surface area contributed by atoms with E-state index in [-0.39, 0.29) is 18.9 Å². The fourth-order valence-electron chi connectivity index (χ4n) is 8.02. The number of hydrogen-bond acceptors (Lipinski definition) is 18. The molecule has 3 aliphatic heterocycles. The van der Waals surface area contributed by atoms with Gasteiger partial charge in [-0.25, -0.2) is 0 Å². The van der Waals surface area contributed by atoms with E-state index in [9.17, 15) is 61.0 Å². The molecule has 0 saturated carbocycles. The monoisotopic (exact) mass is 886 g/mol. The summed E-state index contributed by atoms with van der Waals surface area (Å²) in [6, 6.07) is -0.873. The minimum atomic E-state index is -1.96. The molecule has 0 aromatic heterocycles. The molecule has 3 fully saturated rings. The Kier molecular flexibility index (Phi) is 26.0. The van der Waals surface area contributed by atoms with Crippen LogP contribution in [0.3, 0.4) is 0 Å². The number of hydrogen-bond donors (Lipinski definition) is 12. The molecular weight excluding hydrogens is 806 g/mol. The largest absolute Gasteiger partial charge is 0.394 e. The second-order valence-corrected chi connectivity index (χ2v) is 16.9. The van der Waals surface area contributed by atoms with Gasteiger partial charge in [-0.15, -0.1) is 0 Å². The van der Waals surface area contributed by atoms with E-state index >= 15 is 0 Å². The molecule has 17 atom stereocenters. The van der Waals surface area contributed by atoms with E-state index in [4.69, 9.17) is 28.4 Å². The van der Waals surface area contributed by atoms with E-state index in [1.807, 2.05) is 0 Å². The minimum Gasteiger partial charge on any atom is -0.394 e. The molecule has 61 heavy (non-hydrogen) atoms. The first kappa shape index (κ1) is 54.1.